The first-order chi connectivity index (χ1) is 14.1. The minimum absolute atomic E-state index is 0.273. The predicted octanol–water partition coefficient (Wildman–Crippen LogP) is 5.73. The van der Waals surface area contributed by atoms with E-state index in [4.69, 9.17) is 4.74 Å². The van der Waals surface area contributed by atoms with Crippen molar-refractivity contribution in [2.75, 3.05) is 19.1 Å². The summed E-state index contributed by atoms with van der Waals surface area (Å²) < 4.78 is 32.0. The summed E-state index contributed by atoms with van der Waals surface area (Å²) in [6.45, 7) is 1.46. The van der Waals surface area contributed by atoms with E-state index in [0.29, 0.717) is 24.3 Å². The maximum Gasteiger partial charge on any atom is 0.211 e. The van der Waals surface area contributed by atoms with Crippen LogP contribution in [-0.2, 0) is 11.2 Å². The van der Waals surface area contributed by atoms with Gasteiger partial charge in [-0.15, -0.1) is 0 Å². The van der Waals surface area contributed by atoms with E-state index in [2.05, 4.69) is 5.32 Å². The van der Waals surface area contributed by atoms with Crippen LogP contribution in [0.25, 0.3) is 11.6 Å². The van der Waals surface area contributed by atoms with Crippen molar-refractivity contribution in [2.24, 2.45) is 0 Å². The van der Waals surface area contributed by atoms with Gasteiger partial charge in [-0.05, 0) is 77.9 Å². The number of anilines is 1. The van der Waals surface area contributed by atoms with Gasteiger partial charge in [-0.3, -0.25) is 4.79 Å². The van der Waals surface area contributed by atoms with Gasteiger partial charge < -0.3 is 10.1 Å². The summed E-state index contributed by atoms with van der Waals surface area (Å²) >= 11 is 0. The Labute approximate surface area is 169 Å². The number of alkyl halides is 1. The summed E-state index contributed by atoms with van der Waals surface area (Å²) in [6, 6.07) is 10.2. The molecule has 0 unspecified atom stereocenters. The topological polar surface area (TPSA) is 38.3 Å². The van der Waals surface area contributed by atoms with Gasteiger partial charge in [0.2, 0.25) is 6.41 Å². The number of carbonyl (C=O) groups excluding carboxylic acids is 1. The third-order valence-electron chi connectivity index (χ3n) is 5.00. The smallest absolute Gasteiger partial charge is 0.211 e. The van der Waals surface area contributed by atoms with Gasteiger partial charge in [0.15, 0.2) is 0 Å². The molecule has 150 valence electrons. The molecule has 1 N–H and O–H groups in total. The Balaban J connectivity index is 2.21. The van der Waals surface area contributed by atoms with Crippen molar-refractivity contribution in [1.29, 1.82) is 0 Å². The second kappa shape index (κ2) is 9.32. The van der Waals surface area contributed by atoms with Gasteiger partial charge in [0, 0.05) is 0 Å². The van der Waals surface area contributed by atoms with Crippen LogP contribution in [0.3, 0.4) is 0 Å². The molecule has 3 nitrogen and oxygen atoms in total. The number of hydrogen-bond donors (Lipinski definition) is 1. The SMILES string of the molecule is COc1ccc(/C=C2\C(/C=C\CF)=C(C)CCc3cc(F)ccc32)cc1NC=O. The van der Waals surface area contributed by atoms with Crippen molar-refractivity contribution in [3.8, 4) is 5.75 Å². The van der Waals surface area contributed by atoms with Gasteiger partial charge in [-0.2, -0.15) is 0 Å². The summed E-state index contributed by atoms with van der Waals surface area (Å²) in [5, 5.41) is 2.64. The fourth-order valence-electron chi connectivity index (χ4n) is 3.57. The van der Waals surface area contributed by atoms with Gasteiger partial charge in [0.1, 0.15) is 18.2 Å². The number of methoxy groups -OCH3 is 1. The molecular weight excluding hydrogens is 372 g/mol. The standard InChI is InChI=1S/C24H23F2NO2/c1-16-5-7-18-14-19(26)8-9-21(18)22(20(16)4-3-11-25)12-17-6-10-24(29-2)23(13-17)27-15-28/h3-4,6,8-10,12-15H,5,7,11H2,1-2H3,(H,27,28)/b4-3-,22-12+. The molecule has 1 amide bonds. The van der Waals surface area contributed by atoms with Crippen LogP contribution in [0.2, 0.25) is 0 Å². The molecule has 0 aliphatic heterocycles. The first-order valence-electron chi connectivity index (χ1n) is 9.38. The van der Waals surface area contributed by atoms with E-state index in [1.807, 2.05) is 19.1 Å². The summed E-state index contributed by atoms with van der Waals surface area (Å²) in [7, 11) is 1.53. The van der Waals surface area contributed by atoms with Crippen molar-refractivity contribution in [2.45, 2.75) is 19.8 Å². The summed E-state index contributed by atoms with van der Waals surface area (Å²) in [5.41, 5.74) is 6.14. The lowest BCUT2D eigenvalue weighted by molar-refractivity contribution is -0.105. The van der Waals surface area contributed by atoms with E-state index in [9.17, 15) is 13.6 Å². The molecule has 0 radical (unpaired) electrons. The fraction of sp³-hybridized carbons (Fsp3) is 0.208. The number of halogens is 2. The highest BCUT2D eigenvalue weighted by atomic mass is 19.1. The average Bonchev–Trinajstić information content (AvgIpc) is 2.84. The number of amides is 1. The fourth-order valence-corrected chi connectivity index (χ4v) is 3.57. The largest absolute Gasteiger partial charge is 0.495 e. The molecule has 0 heterocycles. The predicted molar refractivity (Wildman–Crippen MR) is 113 cm³/mol. The molecule has 1 aliphatic rings. The Kier molecular flexibility index (Phi) is 6.60. The van der Waals surface area contributed by atoms with Crippen molar-refractivity contribution in [3.63, 3.8) is 0 Å². The molecule has 2 aromatic rings. The highest BCUT2D eigenvalue weighted by molar-refractivity contribution is 5.95. The van der Waals surface area contributed by atoms with Gasteiger partial charge in [-0.25, -0.2) is 8.78 Å². The lowest BCUT2D eigenvalue weighted by atomic mass is 9.91. The van der Waals surface area contributed by atoms with Crippen molar-refractivity contribution in [3.05, 3.63) is 82.2 Å². The maximum atomic E-state index is 13.8. The van der Waals surface area contributed by atoms with Crippen molar-refractivity contribution < 1.29 is 18.3 Å². The Morgan fingerprint density at radius 1 is 1.17 bits per heavy atom. The van der Waals surface area contributed by atoms with Crippen LogP contribution < -0.4 is 10.1 Å². The molecule has 0 fully saturated rings. The number of hydrogen-bond acceptors (Lipinski definition) is 2. The van der Waals surface area contributed by atoms with Crippen LogP contribution in [0.15, 0.2) is 59.7 Å². The highest BCUT2D eigenvalue weighted by Gasteiger charge is 2.18. The number of carbonyl (C=O) groups is 1. The number of benzene rings is 2. The average molecular weight is 395 g/mol. The quantitative estimate of drug-likeness (QED) is 0.634. The monoisotopic (exact) mass is 395 g/mol. The molecule has 0 aromatic heterocycles. The molecule has 1 aliphatic carbocycles. The van der Waals surface area contributed by atoms with Crippen LogP contribution in [0.4, 0.5) is 14.5 Å². The van der Waals surface area contributed by atoms with E-state index in [0.717, 1.165) is 39.8 Å². The second-order valence-electron chi connectivity index (χ2n) is 6.83. The molecule has 29 heavy (non-hydrogen) atoms. The van der Waals surface area contributed by atoms with Crippen LogP contribution in [0.5, 0.6) is 5.75 Å². The van der Waals surface area contributed by atoms with Crippen LogP contribution in [-0.4, -0.2) is 20.2 Å². The summed E-state index contributed by atoms with van der Waals surface area (Å²) in [6.07, 6.45) is 7.31. The molecule has 0 atom stereocenters. The minimum atomic E-state index is -0.559. The molecule has 5 heteroatoms. The van der Waals surface area contributed by atoms with E-state index < -0.39 is 6.67 Å². The highest BCUT2D eigenvalue weighted by Crippen LogP contribution is 2.37. The Bertz CT molecular complexity index is 1010. The zero-order chi connectivity index (χ0) is 20.8. The number of ether oxygens (including phenoxy) is 1. The van der Waals surface area contributed by atoms with Crippen LogP contribution in [0, 0.1) is 5.82 Å². The molecule has 0 saturated carbocycles. The van der Waals surface area contributed by atoms with Gasteiger partial charge >= 0.3 is 0 Å². The number of fused-ring (bicyclic) bond motifs is 1. The Morgan fingerprint density at radius 2 is 2.00 bits per heavy atom. The zero-order valence-electron chi connectivity index (χ0n) is 16.5. The molecule has 3 rings (SSSR count). The molecule has 2 aromatic carbocycles. The molecule has 0 spiro atoms. The Morgan fingerprint density at radius 3 is 2.72 bits per heavy atom. The molecular formula is C24H23F2NO2. The Hall–Kier alpha value is -3.21. The molecule has 0 bridgehead atoms. The number of aryl methyl sites for hydroxylation is 1. The third kappa shape index (κ3) is 4.62. The zero-order valence-corrected chi connectivity index (χ0v) is 16.5. The van der Waals surface area contributed by atoms with E-state index in [-0.39, 0.29) is 5.82 Å². The van der Waals surface area contributed by atoms with E-state index >= 15 is 0 Å². The number of allylic oxidation sites excluding steroid dienone is 5. The van der Waals surface area contributed by atoms with Crippen LogP contribution >= 0.6 is 0 Å². The lowest BCUT2D eigenvalue weighted by Crippen LogP contribution is -1.98. The number of nitrogens with one attached hydrogen (secondary N) is 1. The normalized spacial score (nSPS) is 15.4. The molecule has 0 saturated heterocycles. The van der Waals surface area contributed by atoms with Crippen LogP contribution in [0.1, 0.15) is 30.0 Å². The van der Waals surface area contributed by atoms with Gasteiger partial charge in [-0.1, -0.05) is 29.9 Å². The third-order valence-corrected chi connectivity index (χ3v) is 5.00. The van der Waals surface area contributed by atoms with Crippen molar-refractivity contribution >= 4 is 23.7 Å². The second-order valence-corrected chi connectivity index (χ2v) is 6.83. The first kappa shape index (κ1) is 20.5. The van der Waals surface area contributed by atoms with Gasteiger partial charge in [0.25, 0.3) is 0 Å². The maximum absolute atomic E-state index is 13.8. The number of rotatable bonds is 6. The summed E-state index contributed by atoms with van der Waals surface area (Å²) in [5.74, 6) is 0.275. The lowest BCUT2D eigenvalue weighted by Gasteiger charge is -2.14. The van der Waals surface area contributed by atoms with E-state index in [1.165, 1.54) is 19.3 Å². The summed E-state index contributed by atoms with van der Waals surface area (Å²) in [4.78, 5) is 10.9. The minimum Gasteiger partial charge on any atom is -0.495 e. The first-order valence-corrected chi connectivity index (χ1v) is 9.38. The van der Waals surface area contributed by atoms with E-state index in [1.54, 1.807) is 30.3 Å². The van der Waals surface area contributed by atoms with Crippen molar-refractivity contribution in [1.82, 2.24) is 0 Å². The van der Waals surface area contributed by atoms with Gasteiger partial charge in [0.05, 0.1) is 12.8 Å².